The van der Waals surface area contributed by atoms with E-state index in [-0.39, 0.29) is 24.9 Å². The van der Waals surface area contributed by atoms with Gasteiger partial charge in [0.2, 0.25) is 5.91 Å². The molecule has 0 saturated carbocycles. The highest BCUT2D eigenvalue weighted by molar-refractivity contribution is 7.13. The number of imidazole rings is 1. The van der Waals surface area contributed by atoms with Gasteiger partial charge in [0.1, 0.15) is 17.4 Å². The summed E-state index contributed by atoms with van der Waals surface area (Å²) in [6.45, 7) is 0.921. The van der Waals surface area contributed by atoms with Crippen LogP contribution in [0.5, 0.6) is 0 Å². The summed E-state index contributed by atoms with van der Waals surface area (Å²) in [4.78, 5) is 20.7. The van der Waals surface area contributed by atoms with Crippen molar-refractivity contribution >= 4 is 17.2 Å². The van der Waals surface area contributed by atoms with Crippen molar-refractivity contribution in [3.8, 4) is 16.3 Å². The lowest BCUT2D eigenvalue weighted by Crippen LogP contribution is -2.28. The zero-order chi connectivity index (χ0) is 23.6. The predicted octanol–water partition coefficient (Wildman–Crippen LogP) is 5.18. The van der Waals surface area contributed by atoms with Gasteiger partial charge in [0.15, 0.2) is 0 Å². The van der Waals surface area contributed by atoms with Crippen molar-refractivity contribution in [3.05, 3.63) is 89.7 Å². The number of carbonyl (C=O) groups is 1. The molecule has 6 nitrogen and oxygen atoms in total. The number of nitrogens with zero attached hydrogens (tertiary/aromatic N) is 3. The standard InChI is InChI=1S/C26H27FN4O2S/c27-22-9-5-20(6-10-22)16-33-17-25(32)29-13-3-1-2-4-23-18-34-26(30-23)21-7-11-24(12-8-21)31-15-14-28-19-31/h5-12,14-15,18-19H,1-4,13,16-17H2,(H,29,32). The number of amides is 1. The molecule has 1 amide bonds. The third-order valence-electron chi connectivity index (χ3n) is 5.32. The van der Waals surface area contributed by atoms with Crippen LogP contribution in [-0.4, -0.2) is 33.6 Å². The normalized spacial score (nSPS) is 11.0. The third-order valence-corrected chi connectivity index (χ3v) is 6.26. The van der Waals surface area contributed by atoms with E-state index < -0.39 is 0 Å². The highest BCUT2D eigenvalue weighted by atomic mass is 32.1. The van der Waals surface area contributed by atoms with Gasteiger partial charge in [0, 0.05) is 35.6 Å². The van der Waals surface area contributed by atoms with Crippen molar-refractivity contribution < 1.29 is 13.9 Å². The molecule has 2 heterocycles. The number of hydrogen-bond acceptors (Lipinski definition) is 5. The molecule has 1 N–H and O–H groups in total. The number of aryl methyl sites for hydroxylation is 1. The van der Waals surface area contributed by atoms with Gasteiger partial charge in [0.25, 0.3) is 0 Å². The van der Waals surface area contributed by atoms with Gasteiger partial charge in [-0.25, -0.2) is 14.4 Å². The molecule has 0 aliphatic carbocycles. The summed E-state index contributed by atoms with van der Waals surface area (Å²) < 4.78 is 20.2. The van der Waals surface area contributed by atoms with E-state index in [9.17, 15) is 9.18 Å². The number of benzene rings is 2. The Morgan fingerprint density at radius 2 is 1.88 bits per heavy atom. The number of halogens is 1. The van der Waals surface area contributed by atoms with Gasteiger partial charge in [-0.1, -0.05) is 18.6 Å². The first-order chi connectivity index (χ1) is 16.7. The molecule has 0 radical (unpaired) electrons. The Morgan fingerprint density at radius 3 is 2.65 bits per heavy atom. The number of ether oxygens (including phenoxy) is 1. The first-order valence-electron chi connectivity index (χ1n) is 11.3. The number of aromatic nitrogens is 3. The van der Waals surface area contributed by atoms with Crippen LogP contribution in [0.1, 0.15) is 30.5 Å². The van der Waals surface area contributed by atoms with E-state index in [4.69, 9.17) is 9.72 Å². The zero-order valence-corrected chi connectivity index (χ0v) is 19.6. The number of unbranched alkanes of at least 4 members (excludes halogenated alkanes) is 2. The van der Waals surface area contributed by atoms with Crippen LogP contribution in [0.15, 0.2) is 72.6 Å². The van der Waals surface area contributed by atoms with Crippen LogP contribution >= 0.6 is 11.3 Å². The van der Waals surface area contributed by atoms with Gasteiger partial charge < -0.3 is 14.6 Å². The van der Waals surface area contributed by atoms with Crippen LogP contribution in [0.4, 0.5) is 4.39 Å². The molecule has 2 aromatic heterocycles. The molecule has 34 heavy (non-hydrogen) atoms. The molecule has 0 unspecified atom stereocenters. The van der Waals surface area contributed by atoms with Crippen LogP contribution < -0.4 is 5.32 Å². The lowest BCUT2D eigenvalue weighted by atomic mass is 10.1. The van der Waals surface area contributed by atoms with E-state index in [2.05, 4.69) is 39.9 Å². The summed E-state index contributed by atoms with van der Waals surface area (Å²) in [5.41, 5.74) is 4.14. The Hall–Kier alpha value is -3.36. The average Bonchev–Trinajstić information content (AvgIpc) is 3.55. The van der Waals surface area contributed by atoms with Crippen LogP contribution in [0.2, 0.25) is 0 Å². The second-order valence-corrected chi connectivity index (χ2v) is 8.80. The molecule has 0 aliphatic heterocycles. The monoisotopic (exact) mass is 478 g/mol. The van der Waals surface area contributed by atoms with Gasteiger partial charge >= 0.3 is 0 Å². The summed E-state index contributed by atoms with van der Waals surface area (Å²) >= 11 is 1.67. The molecule has 0 atom stereocenters. The van der Waals surface area contributed by atoms with Gasteiger partial charge in [0.05, 0.1) is 18.6 Å². The minimum Gasteiger partial charge on any atom is -0.367 e. The number of nitrogens with one attached hydrogen (secondary N) is 1. The quantitative estimate of drug-likeness (QED) is 0.285. The fourth-order valence-corrected chi connectivity index (χ4v) is 4.33. The van der Waals surface area contributed by atoms with E-state index in [0.29, 0.717) is 6.54 Å². The summed E-state index contributed by atoms with van der Waals surface area (Å²) in [5, 5.41) is 6.03. The second-order valence-electron chi connectivity index (χ2n) is 7.94. The van der Waals surface area contributed by atoms with Gasteiger partial charge in [-0.15, -0.1) is 11.3 Å². The first kappa shape index (κ1) is 23.8. The Morgan fingerprint density at radius 1 is 1.06 bits per heavy atom. The van der Waals surface area contributed by atoms with Crippen molar-refractivity contribution in [2.24, 2.45) is 0 Å². The highest BCUT2D eigenvalue weighted by Gasteiger charge is 2.06. The maximum atomic E-state index is 12.9. The Labute approximate surface area is 202 Å². The number of carbonyl (C=O) groups excluding carboxylic acids is 1. The van der Waals surface area contributed by atoms with Gasteiger partial charge in [-0.2, -0.15) is 0 Å². The molecule has 0 aliphatic rings. The minimum absolute atomic E-state index is 0.00226. The SMILES string of the molecule is O=C(COCc1ccc(F)cc1)NCCCCCc1csc(-c2ccc(-n3ccnc3)cc2)n1. The molecule has 0 saturated heterocycles. The topological polar surface area (TPSA) is 69.0 Å². The van der Waals surface area contributed by atoms with Gasteiger partial charge in [-0.05, 0) is 61.2 Å². The molecule has 0 fully saturated rings. The van der Waals surface area contributed by atoms with Crippen LogP contribution in [-0.2, 0) is 22.6 Å². The summed E-state index contributed by atoms with van der Waals surface area (Å²) in [7, 11) is 0. The maximum Gasteiger partial charge on any atom is 0.246 e. The second kappa shape index (κ2) is 12.2. The van der Waals surface area contributed by atoms with Crippen molar-refractivity contribution in [2.45, 2.75) is 32.3 Å². The molecular formula is C26H27FN4O2S. The largest absolute Gasteiger partial charge is 0.367 e. The van der Waals surface area contributed by atoms with E-state index in [1.54, 1.807) is 36.0 Å². The van der Waals surface area contributed by atoms with Crippen LogP contribution in [0.25, 0.3) is 16.3 Å². The lowest BCUT2D eigenvalue weighted by Gasteiger charge is -2.06. The van der Waals surface area contributed by atoms with E-state index >= 15 is 0 Å². The Balaban J connectivity index is 1.09. The van der Waals surface area contributed by atoms with Crippen molar-refractivity contribution in [2.75, 3.05) is 13.2 Å². The first-order valence-corrected chi connectivity index (χ1v) is 12.2. The van der Waals surface area contributed by atoms with Crippen molar-refractivity contribution in [3.63, 3.8) is 0 Å². The number of rotatable bonds is 12. The Bertz CT molecular complexity index is 1160. The maximum absolute atomic E-state index is 12.9. The lowest BCUT2D eigenvalue weighted by molar-refractivity contribution is -0.126. The summed E-state index contributed by atoms with van der Waals surface area (Å²) in [6, 6.07) is 14.4. The van der Waals surface area contributed by atoms with Crippen LogP contribution in [0.3, 0.4) is 0 Å². The minimum atomic E-state index is -0.284. The Kier molecular flexibility index (Phi) is 8.54. The smallest absolute Gasteiger partial charge is 0.246 e. The van der Waals surface area contributed by atoms with E-state index in [0.717, 1.165) is 53.2 Å². The van der Waals surface area contributed by atoms with E-state index in [1.807, 2.05) is 10.8 Å². The molecular weight excluding hydrogens is 451 g/mol. The fourth-order valence-electron chi connectivity index (χ4n) is 3.47. The third kappa shape index (κ3) is 7.07. The molecule has 0 spiro atoms. The fraction of sp³-hybridized carbons (Fsp3) is 0.269. The highest BCUT2D eigenvalue weighted by Crippen LogP contribution is 2.25. The molecule has 8 heteroatoms. The van der Waals surface area contributed by atoms with Crippen molar-refractivity contribution in [1.29, 1.82) is 0 Å². The van der Waals surface area contributed by atoms with Gasteiger partial charge in [-0.3, -0.25) is 4.79 Å². The predicted molar refractivity (Wildman–Crippen MR) is 131 cm³/mol. The summed E-state index contributed by atoms with van der Waals surface area (Å²) in [5.74, 6) is -0.418. The van der Waals surface area contributed by atoms with Crippen LogP contribution in [0, 0.1) is 5.82 Å². The summed E-state index contributed by atoms with van der Waals surface area (Å²) in [6.07, 6.45) is 9.36. The number of hydrogen-bond donors (Lipinski definition) is 1. The van der Waals surface area contributed by atoms with E-state index in [1.165, 1.54) is 12.1 Å². The number of thiazole rings is 1. The molecule has 4 rings (SSSR count). The molecule has 0 bridgehead atoms. The molecule has 4 aromatic rings. The average molecular weight is 479 g/mol. The van der Waals surface area contributed by atoms with Crippen molar-refractivity contribution in [1.82, 2.24) is 19.9 Å². The molecule has 2 aromatic carbocycles. The zero-order valence-electron chi connectivity index (χ0n) is 18.8. The molecule has 176 valence electrons.